The number of aromatic nitrogens is 2. The van der Waals surface area contributed by atoms with Crippen molar-refractivity contribution < 1.29 is 15.0 Å². The molecule has 1 aliphatic heterocycles. The number of hydrogen-bond acceptors (Lipinski definition) is 4. The van der Waals surface area contributed by atoms with Crippen molar-refractivity contribution >= 4 is 16.9 Å². The number of aromatic hydroxyl groups is 2. The number of rotatable bonds is 1. The van der Waals surface area contributed by atoms with Crippen LogP contribution in [-0.4, -0.2) is 32.2 Å². The number of carbonyl (C=O) groups is 1. The summed E-state index contributed by atoms with van der Waals surface area (Å²) in [6.45, 7) is 2.82. The lowest BCUT2D eigenvalue weighted by atomic mass is 10.1. The Morgan fingerprint density at radius 2 is 2.09 bits per heavy atom. The van der Waals surface area contributed by atoms with Gasteiger partial charge >= 0.3 is 0 Å². The van der Waals surface area contributed by atoms with E-state index in [-0.39, 0.29) is 17.4 Å². The molecule has 3 aromatic rings. The van der Waals surface area contributed by atoms with Gasteiger partial charge in [-0.2, -0.15) is 0 Å². The topological polar surface area (TPSA) is 87.4 Å². The average molecular weight is 309 g/mol. The SMILES string of the molecule is Cc1cc(-c2nc3cccc4c3n2CCNC4=O)cc(O)c1O. The van der Waals surface area contributed by atoms with E-state index in [0.717, 1.165) is 11.0 Å². The molecule has 0 saturated carbocycles. The summed E-state index contributed by atoms with van der Waals surface area (Å²) in [6, 6.07) is 8.73. The van der Waals surface area contributed by atoms with Gasteiger partial charge < -0.3 is 20.1 Å². The van der Waals surface area contributed by atoms with Gasteiger partial charge in [-0.15, -0.1) is 0 Å². The Morgan fingerprint density at radius 1 is 1.26 bits per heavy atom. The van der Waals surface area contributed by atoms with Gasteiger partial charge in [0.05, 0.1) is 16.6 Å². The maximum Gasteiger partial charge on any atom is 0.253 e. The summed E-state index contributed by atoms with van der Waals surface area (Å²) in [4.78, 5) is 16.8. The lowest BCUT2D eigenvalue weighted by Crippen LogP contribution is -2.24. The number of nitrogens with zero attached hydrogens (tertiary/aromatic N) is 2. The third kappa shape index (κ3) is 1.95. The molecular weight excluding hydrogens is 294 g/mol. The van der Waals surface area contributed by atoms with E-state index in [1.807, 2.05) is 16.7 Å². The quantitative estimate of drug-likeness (QED) is 0.601. The molecule has 1 amide bonds. The van der Waals surface area contributed by atoms with Crippen LogP contribution >= 0.6 is 0 Å². The summed E-state index contributed by atoms with van der Waals surface area (Å²) >= 11 is 0. The first-order valence-electron chi connectivity index (χ1n) is 7.36. The summed E-state index contributed by atoms with van der Waals surface area (Å²) < 4.78 is 1.98. The fraction of sp³-hybridized carbons (Fsp3) is 0.176. The maximum atomic E-state index is 12.2. The summed E-state index contributed by atoms with van der Waals surface area (Å²) in [7, 11) is 0. The minimum Gasteiger partial charge on any atom is -0.504 e. The summed E-state index contributed by atoms with van der Waals surface area (Å²) in [6.07, 6.45) is 0. The van der Waals surface area contributed by atoms with Crippen LogP contribution in [0.3, 0.4) is 0 Å². The van der Waals surface area contributed by atoms with E-state index in [0.29, 0.717) is 35.6 Å². The Morgan fingerprint density at radius 3 is 2.87 bits per heavy atom. The van der Waals surface area contributed by atoms with E-state index in [4.69, 9.17) is 0 Å². The van der Waals surface area contributed by atoms with E-state index < -0.39 is 0 Å². The zero-order chi connectivity index (χ0) is 16.1. The minimum atomic E-state index is -0.178. The molecule has 6 heteroatoms. The molecule has 1 aromatic heterocycles. The van der Waals surface area contributed by atoms with Crippen molar-refractivity contribution in [1.29, 1.82) is 0 Å². The average Bonchev–Trinajstić information content (AvgIpc) is 2.81. The van der Waals surface area contributed by atoms with E-state index in [1.165, 1.54) is 6.07 Å². The van der Waals surface area contributed by atoms with Crippen molar-refractivity contribution in [1.82, 2.24) is 14.9 Å². The van der Waals surface area contributed by atoms with Gasteiger partial charge in [0.1, 0.15) is 5.82 Å². The second kappa shape index (κ2) is 4.74. The predicted octanol–water partition coefficient (Wildman–Crippen LogP) is 2.17. The normalized spacial score (nSPS) is 13.9. The molecule has 0 saturated heterocycles. The number of nitrogens with one attached hydrogen (secondary N) is 1. The molecule has 0 radical (unpaired) electrons. The molecule has 2 heterocycles. The van der Waals surface area contributed by atoms with Crippen molar-refractivity contribution in [3.05, 3.63) is 41.5 Å². The first-order valence-corrected chi connectivity index (χ1v) is 7.36. The third-order valence-corrected chi connectivity index (χ3v) is 4.17. The highest BCUT2D eigenvalue weighted by molar-refractivity contribution is 6.06. The van der Waals surface area contributed by atoms with Gasteiger partial charge in [-0.3, -0.25) is 4.79 Å². The molecule has 3 N–H and O–H groups in total. The van der Waals surface area contributed by atoms with E-state index >= 15 is 0 Å². The molecule has 2 aromatic carbocycles. The fourth-order valence-electron chi connectivity index (χ4n) is 3.07. The van der Waals surface area contributed by atoms with Gasteiger partial charge in [0.2, 0.25) is 0 Å². The Bertz CT molecular complexity index is 936. The standard InChI is InChI=1S/C17H15N3O3/c1-9-7-10(8-13(21)15(9)22)16-19-12-4-2-3-11-14(12)20(16)6-5-18-17(11)23/h2-4,7-8,21-22H,5-6H2,1H3,(H,18,23). The van der Waals surface area contributed by atoms with Crippen LogP contribution in [0.25, 0.3) is 22.4 Å². The molecule has 1 aliphatic rings. The number of amides is 1. The number of para-hydroxylation sites is 1. The molecule has 0 bridgehead atoms. The molecule has 0 atom stereocenters. The Balaban J connectivity index is 2.04. The Kier molecular flexibility index (Phi) is 2.81. The van der Waals surface area contributed by atoms with Gasteiger partial charge in [-0.25, -0.2) is 4.98 Å². The molecule has 0 unspecified atom stereocenters. The highest BCUT2D eigenvalue weighted by Crippen LogP contribution is 2.35. The molecule has 6 nitrogen and oxygen atoms in total. The first kappa shape index (κ1) is 13.6. The van der Waals surface area contributed by atoms with Gasteiger partial charge in [0.15, 0.2) is 11.5 Å². The Hall–Kier alpha value is -3.02. The smallest absolute Gasteiger partial charge is 0.253 e. The number of hydrogen-bond donors (Lipinski definition) is 3. The van der Waals surface area contributed by atoms with Crippen molar-refractivity contribution in [3.8, 4) is 22.9 Å². The molecule has 116 valence electrons. The number of carbonyl (C=O) groups excluding carboxylic acids is 1. The largest absolute Gasteiger partial charge is 0.504 e. The first-order chi connectivity index (χ1) is 11.1. The number of phenols is 2. The number of aryl methyl sites for hydroxylation is 1. The maximum absolute atomic E-state index is 12.2. The zero-order valence-corrected chi connectivity index (χ0v) is 12.5. The van der Waals surface area contributed by atoms with Crippen molar-refractivity contribution in [3.63, 3.8) is 0 Å². The van der Waals surface area contributed by atoms with Crippen LogP contribution in [-0.2, 0) is 6.54 Å². The molecule has 0 fully saturated rings. The van der Waals surface area contributed by atoms with Crippen molar-refractivity contribution in [2.45, 2.75) is 13.5 Å². The monoisotopic (exact) mass is 309 g/mol. The Labute approximate surface area is 132 Å². The van der Waals surface area contributed by atoms with E-state index in [2.05, 4.69) is 10.3 Å². The van der Waals surface area contributed by atoms with Gasteiger partial charge in [-0.1, -0.05) is 6.07 Å². The molecule has 23 heavy (non-hydrogen) atoms. The van der Waals surface area contributed by atoms with Gasteiger partial charge in [-0.05, 0) is 36.8 Å². The fourth-order valence-corrected chi connectivity index (χ4v) is 3.07. The van der Waals surface area contributed by atoms with Crippen molar-refractivity contribution in [2.24, 2.45) is 0 Å². The lowest BCUT2D eigenvalue weighted by molar-refractivity contribution is 0.0956. The van der Waals surface area contributed by atoms with Crippen LogP contribution in [0.15, 0.2) is 30.3 Å². The molecule has 0 spiro atoms. The van der Waals surface area contributed by atoms with Crippen LogP contribution in [0, 0.1) is 6.92 Å². The van der Waals surface area contributed by atoms with E-state index in [1.54, 1.807) is 19.1 Å². The number of benzene rings is 2. The van der Waals surface area contributed by atoms with Crippen molar-refractivity contribution in [2.75, 3.05) is 6.54 Å². The summed E-state index contributed by atoms with van der Waals surface area (Å²) in [5.41, 5.74) is 3.40. The van der Waals surface area contributed by atoms with Crippen LogP contribution < -0.4 is 5.32 Å². The van der Waals surface area contributed by atoms with Gasteiger partial charge in [0.25, 0.3) is 5.91 Å². The minimum absolute atomic E-state index is 0.106. The lowest BCUT2D eigenvalue weighted by Gasteiger charge is -2.09. The zero-order valence-electron chi connectivity index (χ0n) is 12.5. The number of phenolic OH excluding ortho intramolecular Hbond substituents is 2. The molecular formula is C17H15N3O3. The van der Waals surface area contributed by atoms with Gasteiger partial charge in [0, 0.05) is 18.7 Å². The van der Waals surface area contributed by atoms with Crippen LogP contribution in [0.2, 0.25) is 0 Å². The predicted molar refractivity (Wildman–Crippen MR) is 85.6 cm³/mol. The van der Waals surface area contributed by atoms with Crippen LogP contribution in [0.1, 0.15) is 15.9 Å². The second-order valence-corrected chi connectivity index (χ2v) is 5.68. The number of imidazole rings is 1. The third-order valence-electron chi connectivity index (χ3n) is 4.17. The second-order valence-electron chi connectivity index (χ2n) is 5.68. The summed E-state index contributed by atoms with van der Waals surface area (Å²) in [5.74, 6) is 0.258. The molecule has 4 rings (SSSR count). The highest BCUT2D eigenvalue weighted by Gasteiger charge is 2.22. The van der Waals surface area contributed by atoms with Crippen LogP contribution in [0.5, 0.6) is 11.5 Å². The van der Waals surface area contributed by atoms with Crippen LogP contribution in [0.4, 0.5) is 0 Å². The molecule has 0 aliphatic carbocycles. The van der Waals surface area contributed by atoms with E-state index in [9.17, 15) is 15.0 Å². The highest BCUT2D eigenvalue weighted by atomic mass is 16.3. The summed E-state index contributed by atoms with van der Waals surface area (Å²) in [5, 5.41) is 22.5.